The van der Waals surface area contributed by atoms with Gasteiger partial charge >= 0.3 is 0 Å². The third-order valence-electron chi connectivity index (χ3n) is 4.09. The molecular formula is C15H25N3OS. The van der Waals surface area contributed by atoms with Gasteiger partial charge in [-0.3, -0.25) is 9.48 Å². The molecule has 0 aliphatic heterocycles. The van der Waals surface area contributed by atoms with Crippen LogP contribution in [0.1, 0.15) is 38.2 Å². The van der Waals surface area contributed by atoms with Gasteiger partial charge < -0.3 is 4.90 Å². The summed E-state index contributed by atoms with van der Waals surface area (Å²) in [5, 5.41) is 4.88. The Morgan fingerprint density at radius 2 is 2.35 bits per heavy atom. The third-order valence-corrected chi connectivity index (χ3v) is 5.32. The number of nitrogens with zero attached hydrogens (tertiary/aromatic N) is 3. The molecule has 0 bridgehead atoms. The number of amides is 1. The molecule has 1 aliphatic rings. The van der Waals surface area contributed by atoms with Gasteiger partial charge in [0.2, 0.25) is 5.91 Å². The molecule has 0 radical (unpaired) electrons. The summed E-state index contributed by atoms with van der Waals surface area (Å²) in [5.41, 5.74) is 1.14. The molecule has 0 saturated heterocycles. The van der Waals surface area contributed by atoms with Crippen molar-refractivity contribution in [2.24, 2.45) is 7.05 Å². The van der Waals surface area contributed by atoms with E-state index in [4.69, 9.17) is 0 Å². The minimum atomic E-state index is 0.265. The number of carbonyl (C=O) groups excluding carboxylic acids is 1. The number of carbonyl (C=O) groups is 1. The van der Waals surface area contributed by atoms with Crippen LogP contribution >= 0.6 is 11.8 Å². The van der Waals surface area contributed by atoms with Gasteiger partial charge in [0.05, 0.1) is 6.20 Å². The molecule has 112 valence electrons. The first-order chi connectivity index (χ1) is 9.60. The van der Waals surface area contributed by atoms with Gasteiger partial charge in [-0.25, -0.2) is 0 Å². The molecule has 1 heterocycles. The summed E-state index contributed by atoms with van der Waals surface area (Å²) in [6, 6.07) is 0.445. The van der Waals surface area contributed by atoms with Crippen LogP contribution in [0.5, 0.6) is 0 Å². The molecule has 1 aromatic rings. The second-order valence-corrected chi connectivity index (χ2v) is 7.15. The van der Waals surface area contributed by atoms with Crippen LogP contribution in [0.3, 0.4) is 0 Å². The maximum absolute atomic E-state index is 12.3. The standard InChI is InChI=1S/C15H25N3OS/c1-4-20-14-7-6-13(9-14)18(3)15(19)8-5-12-10-16-17(2)11-12/h10-11,13-14H,4-9H2,1-3H3/t13-,14-/m1/s1. The van der Waals surface area contributed by atoms with Crippen LogP contribution < -0.4 is 0 Å². The first-order valence-corrected chi connectivity index (χ1v) is 8.49. The number of aromatic nitrogens is 2. The van der Waals surface area contributed by atoms with Crippen LogP contribution in [0.2, 0.25) is 0 Å². The highest BCUT2D eigenvalue weighted by atomic mass is 32.2. The zero-order valence-electron chi connectivity index (χ0n) is 12.7. The Morgan fingerprint density at radius 1 is 1.55 bits per heavy atom. The van der Waals surface area contributed by atoms with Crippen molar-refractivity contribution in [3.63, 3.8) is 0 Å². The lowest BCUT2D eigenvalue weighted by Gasteiger charge is -2.24. The summed E-state index contributed by atoms with van der Waals surface area (Å²) in [7, 11) is 3.87. The highest BCUT2D eigenvalue weighted by Gasteiger charge is 2.29. The number of rotatable bonds is 6. The van der Waals surface area contributed by atoms with E-state index >= 15 is 0 Å². The quantitative estimate of drug-likeness (QED) is 0.809. The molecule has 5 heteroatoms. The maximum Gasteiger partial charge on any atom is 0.222 e. The topological polar surface area (TPSA) is 38.1 Å². The van der Waals surface area contributed by atoms with E-state index in [1.54, 1.807) is 4.68 Å². The van der Waals surface area contributed by atoms with Crippen LogP contribution in [-0.4, -0.2) is 44.7 Å². The van der Waals surface area contributed by atoms with Crippen molar-refractivity contribution in [2.75, 3.05) is 12.8 Å². The Hall–Kier alpha value is -0.970. The normalized spacial score (nSPS) is 22.1. The molecule has 0 N–H and O–H groups in total. The van der Waals surface area contributed by atoms with E-state index in [1.165, 1.54) is 12.2 Å². The average molecular weight is 295 g/mol. The Kier molecular flexibility index (Phi) is 5.52. The molecule has 1 aromatic heterocycles. The minimum absolute atomic E-state index is 0.265. The Morgan fingerprint density at radius 3 is 3.00 bits per heavy atom. The van der Waals surface area contributed by atoms with Crippen LogP contribution in [-0.2, 0) is 18.3 Å². The van der Waals surface area contributed by atoms with Crippen molar-refractivity contribution in [3.05, 3.63) is 18.0 Å². The monoisotopic (exact) mass is 295 g/mol. The van der Waals surface area contributed by atoms with Gasteiger partial charge in [0, 0.05) is 38.0 Å². The maximum atomic E-state index is 12.3. The fourth-order valence-electron chi connectivity index (χ4n) is 2.89. The lowest BCUT2D eigenvalue weighted by Crippen LogP contribution is -2.35. The molecule has 1 aliphatic carbocycles. The predicted molar refractivity (Wildman–Crippen MR) is 83.9 cm³/mol. The van der Waals surface area contributed by atoms with E-state index in [2.05, 4.69) is 12.0 Å². The highest BCUT2D eigenvalue weighted by Crippen LogP contribution is 2.32. The van der Waals surface area contributed by atoms with Gasteiger partial charge in [0.1, 0.15) is 0 Å². The third kappa shape index (κ3) is 4.01. The SMILES string of the molecule is CCS[C@@H]1CC[C@@H](N(C)C(=O)CCc2cnn(C)c2)C1. The van der Waals surface area contributed by atoms with Gasteiger partial charge in [0.25, 0.3) is 0 Å². The molecular weight excluding hydrogens is 270 g/mol. The van der Waals surface area contributed by atoms with Gasteiger partial charge in [-0.05, 0) is 37.0 Å². The minimum Gasteiger partial charge on any atom is -0.343 e. The molecule has 20 heavy (non-hydrogen) atoms. The van der Waals surface area contributed by atoms with E-state index in [-0.39, 0.29) is 5.91 Å². The van der Waals surface area contributed by atoms with E-state index in [0.29, 0.717) is 12.5 Å². The van der Waals surface area contributed by atoms with Crippen molar-refractivity contribution in [1.82, 2.24) is 14.7 Å². The van der Waals surface area contributed by atoms with Crippen LogP contribution in [0.4, 0.5) is 0 Å². The molecule has 2 rings (SSSR count). The summed E-state index contributed by atoms with van der Waals surface area (Å²) in [5.74, 6) is 1.44. The van der Waals surface area contributed by atoms with E-state index in [1.807, 2.05) is 43.2 Å². The van der Waals surface area contributed by atoms with Crippen LogP contribution in [0.25, 0.3) is 0 Å². The summed E-state index contributed by atoms with van der Waals surface area (Å²) < 4.78 is 1.78. The Balaban J connectivity index is 1.77. The number of thioether (sulfide) groups is 1. The zero-order chi connectivity index (χ0) is 14.5. The van der Waals surface area contributed by atoms with E-state index in [0.717, 1.165) is 30.1 Å². The summed E-state index contributed by atoms with van der Waals surface area (Å²) in [6.07, 6.45) is 8.78. The molecule has 1 fully saturated rings. The average Bonchev–Trinajstić information content (AvgIpc) is 3.05. The van der Waals surface area contributed by atoms with Crippen molar-refractivity contribution >= 4 is 17.7 Å². The van der Waals surface area contributed by atoms with Crippen molar-refractivity contribution in [2.45, 2.75) is 50.3 Å². The summed E-state index contributed by atoms with van der Waals surface area (Å²) in [6.45, 7) is 2.21. The van der Waals surface area contributed by atoms with Crippen molar-refractivity contribution < 1.29 is 4.79 Å². The molecule has 1 amide bonds. The Bertz CT molecular complexity index is 446. The number of hydrogen-bond donors (Lipinski definition) is 0. The molecule has 0 unspecified atom stereocenters. The number of aryl methyl sites for hydroxylation is 2. The zero-order valence-corrected chi connectivity index (χ0v) is 13.5. The largest absolute Gasteiger partial charge is 0.343 e. The molecule has 4 nitrogen and oxygen atoms in total. The molecule has 2 atom stereocenters. The van der Waals surface area contributed by atoms with Gasteiger partial charge in [-0.1, -0.05) is 6.92 Å². The number of hydrogen-bond acceptors (Lipinski definition) is 3. The Labute approximate surface area is 125 Å². The van der Waals surface area contributed by atoms with Gasteiger partial charge in [-0.2, -0.15) is 16.9 Å². The van der Waals surface area contributed by atoms with Crippen molar-refractivity contribution in [1.29, 1.82) is 0 Å². The van der Waals surface area contributed by atoms with Crippen LogP contribution in [0.15, 0.2) is 12.4 Å². The summed E-state index contributed by atoms with van der Waals surface area (Å²) >= 11 is 2.04. The highest BCUT2D eigenvalue weighted by molar-refractivity contribution is 7.99. The van der Waals surface area contributed by atoms with E-state index < -0.39 is 0 Å². The first-order valence-electron chi connectivity index (χ1n) is 7.45. The van der Waals surface area contributed by atoms with Gasteiger partial charge in [-0.15, -0.1) is 0 Å². The molecule has 0 spiro atoms. The lowest BCUT2D eigenvalue weighted by atomic mass is 10.1. The first kappa shape index (κ1) is 15.4. The summed E-state index contributed by atoms with van der Waals surface area (Å²) in [4.78, 5) is 14.2. The molecule has 0 aromatic carbocycles. The predicted octanol–water partition coefficient (Wildman–Crippen LogP) is 2.49. The fraction of sp³-hybridized carbons (Fsp3) is 0.733. The fourth-order valence-corrected chi connectivity index (χ4v) is 4.02. The lowest BCUT2D eigenvalue weighted by molar-refractivity contribution is -0.131. The molecule has 1 saturated carbocycles. The smallest absolute Gasteiger partial charge is 0.222 e. The van der Waals surface area contributed by atoms with Crippen LogP contribution in [0, 0.1) is 0 Å². The van der Waals surface area contributed by atoms with Crippen molar-refractivity contribution in [3.8, 4) is 0 Å². The van der Waals surface area contributed by atoms with E-state index in [9.17, 15) is 4.79 Å². The second kappa shape index (κ2) is 7.16. The second-order valence-electron chi connectivity index (χ2n) is 5.57. The van der Waals surface area contributed by atoms with Gasteiger partial charge in [0.15, 0.2) is 0 Å².